The second-order valence-corrected chi connectivity index (χ2v) is 3.80. The normalized spacial score (nSPS) is 12.1. The van der Waals surface area contributed by atoms with E-state index in [1.54, 1.807) is 24.5 Å². The van der Waals surface area contributed by atoms with Crippen LogP contribution in [-0.4, -0.2) is 24.0 Å². The van der Waals surface area contributed by atoms with Crippen molar-refractivity contribution in [2.45, 2.75) is 19.8 Å². The third-order valence-corrected chi connectivity index (χ3v) is 2.63. The number of hydrogen-bond donors (Lipinski definition) is 2. The molecule has 1 rings (SSSR count). The number of hydrogen-bond acceptors (Lipinski definition) is 3. The molecule has 0 saturated carbocycles. The van der Waals surface area contributed by atoms with Gasteiger partial charge >= 0.3 is 0 Å². The summed E-state index contributed by atoms with van der Waals surface area (Å²) in [5.74, 6) is 0.397. The summed E-state index contributed by atoms with van der Waals surface area (Å²) in [6.07, 6.45) is 5.20. The van der Waals surface area contributed by atoms with E-state index < -0.39 is 0 Å². The number of aromatic nitrogens is 1. The van der Waals surface area contributed by atoms with Crippen LogP contribution in [0.5, 0.6) is 0 Å². The van der Waals surface area contributed by atoms with E-state index >= 15 is 0 Å². The van der Waals surface area contributed by atoms with Gasteiger partial charge in [0.15, 0.2) is 0 Å². The fourth-order valence-electron chi connectivity index (χ4n) is 1.52. The lowest BCUT2D eigenvalue weighted by Gasteiger charge is -2.14. The molecule has 3 N–H and O–H groups in total. The average Bonchev–Trinajstić information content (AvgIpc) is 2.35. The molecule has 0 radical (unpaired) electrons. The fraction of sp³-hybridized carbons (Fsp3) is 0.500. The largest absolute Gasteiger partial charge is 0.352 e. The Morgan fingerprint density at radius 3 is 3.00 bits per heavy atom. The van der Waals surface area contributed by atoms with Crippen LogP contribution >= 0.6 is 0 Å². The zero-order valence-corrected chi connectivity index (χ0v) is 9.65. The second-order valence-electron chi connectivity index (χ2n) is 3.80. The van der Waals surface area contributed by atoms with Crippen molar-refractivity contribution in [2.75, 3.05) is 13.1 Å². The summed E-state index contributed by atoms with van der Waals surface area (Å²) in [6.45, 7) is 3.46. The van der Waals surface area contributed by atoms with Crippen molar-refractivity contribution in [1.29, 1.82) is 0 Å². The number of pyridine rings is 1. The molecule has 0 aliphatic carbocycles. The van der Waals surface area contributed by atoms with E-state index in [2.05, 4.69) is 17.2 Å². The zero-order valence-electron chi connectivity index (χ0n) is 9.65. The minimum atomic E-state index is -0.0661. The molecule has 0 fully saturated rings. The molecule has 1 unspecified atom stereocenters. The Balaban J connectivity index is 2.40. The summed E-state index contributed by atoms with van der Waals surface area (Å²) in [5.41, 5.74) is 6.10. The van der Waals surface area contributed by atoms with E-state index in [0.29, 0.717) is 24.6 Å². The van der Waals surface area contributed by atoms with E-state index in [0.717, 1.165) is 12.8 Å². The Labute approximate surface area is 96.3 Å². The molecule has 4 nitrogen and oxygen atoms in total. The van der Waals surface area contributed by atoms with Gasteiger partial charge in [0.2, 0.25) is 0 Å². The predicted octanol–water partition coefficient (Wildman–Crippen LogP) is 1.19. The number of carbonyl (C=O) groups excluding carboxylic acids is 1. The van der Waals surface area contributed by atoms with Crippen molar-refractivity contribution in [3.05, 3.63) is 30.1 Å². The second kappa shape index (κ2) is 6.95. The van der Waals surface area contributed by atoms with Gasteiger partial charge in [0.25, 0.3) is 5.91 Å². The van der Waals surface area contributed by atoms with E-state index in [-0.39, 0.29) is 5.91 Å². The maximum Gasteiger partial charge on any atom is 0.252 e. The maximum atomic E-state index is 11.7. The summed E-state index contributed by atoms with van der Waals surface area (Å²) < 4.78 is 0. The standard InChI is InChI=1S/C12H19N3O/c1-2-10(5-6-13)8-15-12(16)11-4-3-7-14-9-11/h3-4,7,9-10H,2,5-6,8,13H2,1H3,(H,15,16). The molecule has 1 aromatic heterocycles. The number of nitrogens with one attached hydrogen (secondary N) is 1. The van der Waals surface area contributed by atoms with E-state index in [1.165, 1.54) is 0 Å². The lowest BCUT2D eigenvalue weighted by Crippen LogP contribution is -2.30. The molecule has 1 amide bonds. The topological polar surface area (TPSA) is 68.0 Å². The number of nitrogens with two attached hydrogens (primary N) is 1. The van der Waals surface area contributed by atoms with Gasteiger partial charge in [-0.05, 0) is 31.0 Å². The van der Waals surface area contributed by atoms with Crippen molar-refractivity contribution < 1.29 is 4.79 Å². The van der Waals surface area contributed by atoms with Gasteiger partial charge in [-0.25, -0.2) is 0 Å². The number of nitrogens with zero attached hydrogens (tertiary/aromatic N) is 1. The van der Waals surface area contributed by atoms with Gasteiger partial charge in [-0.3, -0.25) is 9.78 Å². The Bertz CT molecular complexity index is 313. The molecule has 4 heteroatoms. The van der Waals surface area contributed by atoms with Crippen LogP contribution in [-0.2, 0) is 0 Å². The number of carbonyl (C=O) groups is 1. The quantitative estimate of drug-likeness (QED) is 0.758. The van der Waals surface area contributed by atoms with Crippen LogP contribution in [0.4, 0.5) is 0 Å². The van der Waals surface area contributed by atoms with E-state index in [9.17, 15) is 4.79 Å². The van der Waals surface area contributed by atoms with Crippen molar-refractivity contribution >= 4 is 5.91 Å². The van der Waals surface area contributed by atoms with Crippen molar-refractivity contribution in [3.63, 3.8) is 0 Å². The minimum Gasteiger partial charge on any atom is -0.352 e. The third kappa shape index (κ3) is 3.98. The molecule has 0 saturated heterocycles. The van der Waals surface area contributed by atoms with Crippen molar-refractivity contribution in [1.82, 2.24) is 10.3 Å². The lowest BCUT2D eigenvalue weighted by molar-refractivity contribution is 0.0946. The summed E-state index contributed by atoms with van der Waals surface area (Å²) in [5, 5.41) is 2.90. The summed E-state index contributed by atoms with van der Waals surface area (Å²) in [6, 6.07) is 3.51. The first-order valence-corrected chi connectivity index (χ1v) is 5.66. The first-order chi connectivity index (χ1) is 7.77. The van der Waals surface area contributed by atoms with Crippen LogP contribution < -0.4 is 11.1 Å². The van der Waals surface area contributed by atoms with Crippen molar-refractivity contribution in [3.8, 4) is 0 Å². The number of amides is 1. The van der Waals surface area contributed by atoms with Crippen molar-refractivity contribution in [2.24, 2.45) is 11.7 Å². The Morgan fingerprint density at radius 1 is 1.62 bits per heavy atom. The summed E-state index contributed by atoms with van der Waals surface area (Å²) >= 11 is 0. The van der Waals surface area contributed by atoms with Gasteiger partial charge in [0.05, 0.1) is 5.56 Å². The first kappa shape index (κ1) is 12.6. The monoisotopic (exact) mass is 221 g/mol. The fourth-order valence-corrected chi connectivity index (χ4v) is 1.52. The predicted molar refractivity (Wildman–Crippen MR) is 64.0 cm³/mol. The van der Waals surface area contributed by atoms with Crippen LogP contribution in [0, 0.1) is 5.92 Å². The van der Waals surface area contributed by atoms with E-state index in [1.807, 2.05) is 0 Å². The molecular formula is C12H19N3O. The molecule has 88 valence electrons. The van der Waals surface area contributed by atoms with Crippen LogP contribution in [0.15, 0.2) is 24.5 Å². The highest BCUT2D eigenvalue weighted by atomic mass is 16.1. The van der Waals surface area contributed by atoms with Gasteiger partial charge in [-0.15, -0.1) is 0 Å². The molecule has 0 aliphatic rings. The van der Waals surface area contributed by atoms with Crippen LogP contribution in [0.2, 0.25) is 0 Å². The zero-order chi connectivity index (χ0) is 11.8. The van der Waals surface area contributed by atoms with Crippen LogP contribution in [0.1, 0.15) is 30.1 Å². The SMILES string of the molecule is CCC(CCN)CNC(=O)c1cccnc1. The molecule has 0 spiro atoms. The third-order valence-electron chi connectivity index (χ3n) is 2.63. The Morgan fingerprint density at radius 2 is 2.44 bits per heavy atom. The average molecular weight is 221 g/mol. The Hall–Kier alpha value is -1.42. The minimum absolute atomic E-state index is 0.0661. The smallest absolute Gasteiger partial charge is 0.252 e. The molecule has 0 aromatic carbocycles. The highest BCUT2D eigenvalue weighted by Gasteiger charge is 2.09. The lowest BCUT2D eigenvalue weighted by atomic mass is 10.0. The molecule has 1 heterocycles. The number of rotatable bonds is 6. The van der Waals surface area contributed by atoms with Gasteiger partial charge in [-0.2, -0.15) is 0 Å². The molecule has 1 aromatic rings. The summed E-state index contributed by atoms with van der Waals surface area (Å²) in [4.78, 5) is 15.6. The Kier molecular flexibility index (Phi) is 5.50. The highest BCUT2D eigenvalue weighted by molar-refractivity contribution is 5.93. The van der Waals surface area contributed by atoms with Gasteiger partial charge in [0, 0.05) is 18.9 Å². The van der Waals surface area contributed by atoms with Crippen LogP contribution in [0.3, 0.4) is 0 Å². The molecule has 1 atom stereocenters. The van der Waals surface area contributed by atoms with Crippen LogP contribution in [0.25, 0.3) is 0 Å². The van der Waals surface area contributed by atoms with Gasteiger partial charge < -0.3 is 11.1 Å². The molecule has 16 heavy (non-hydrogen) atoms. The molecule has 0 aliphatic heterocycles. The highest BCUT2D eigenvalue weighted by Crippen LogP contribution is 2.05. The maximum absolute atomic E-state index is 11.7. The van der Waals surface area contributed by atoms with Gasteiger partial charge in [0.1, 0.15) is 0 Å². The molecule has 0 bridgehead atoms. The molecular weight excluding hydrogens is 202 g/mol. The first-order valence-electron chi connectivity index (χ1n) is 5.66. The van der Waals surface area contributed by atoms with E-state index in [4.69, 9.17) is 5.73 Å². The van der Waals surface area contributed by atoms with Gasteiger partial charge in [-0.1, -0.05) is 13.3 Å². The summed E-state index contributed by atoms with van der Waals surface area (Å²) in [7, 11) is 0.